The second-order valence-electron chi connectivity index (χ2n) is 3.55. The van der Waals surface area contributed by atoms with Gasteiger partial charge in [0.1, 0.15) is 5.75 Å². The fraction of sp³-hybridized carbons (Fsp3) is 0.167. The van der Waals surface area contributed by atoms with Crippen LogP contribution in [0.25, 0.3) is 0 Å². The van der Waals surface area contributed by atoms with Crippen molar-refractivity contribution < 1.29 is 9.15 Å². The number of halogens is 1. The maximum absolute atomic E-state index is 5.97. The van der Waals surface area contributed by atoms with E-state index in [0.717, 1.165) is 11.1 Å². The second kappa shape index (κ2) is 5.23. The topological polar surface area (TPSA) is 60.4 Å². The fourth-order valence-electron chi connectivity index (χ4n) is 1.68. The summed E-state index contributed by atoms with van der Waals surface area (Å²) in [4.78, 5) is 0. The van der Waals surface area contributed by atoms with Gasteiger partial charge in [0.25, 0.3) is 0 Å². The molecule has 3 N–H and O–H groups in total. The number of nitrogens with two attached hydrogens (primary N) is 1. The molecule has 0 aliphatic rings. The summed E-state index contributed by atoms with van der Waals surface area (Å²) in [5.74, 6) is 6.18. The van der Waals surface area contributed by atoms with Crippen LogP contribution >= 0.6 is 11.6 Å². The molecule has 1 unspecified atom stereocenters. The maximum atomic E-state index is 5.97. The lowest BCUT2D eigenvalue weighted by Crippen LogP contribution is -2.28. The highest BCUT2D eigenvalue weighted by atomic mass is 35.5. The van der Waals surface area contributed by atoms with Crippen molar-refractivity contribution in [3.63, 3.8) is 0 Å². The normalized spacial score (nSPS) is 12.4. The van der Waals surface area contributed by atoms with Crippen LogP contribution < -0.4 is 16.0 Å². The number of ether oxygens (including phenoxy) is 1. The van der Waals surface area contributed by atoms with E-state index < -0.39 is 0 Å². The standard InChI is InChI=1S/C12H13ClN2O2/c1-16-11-6-8(2-3-10(11)13)12(15-14)9-4-5-17-7-9/h2-7,12,15H,14H2,1H3. The number of nitrogens with one attached hydrogen (secondary N) is 1. The zero-order chi connectivity index (χ0) is 12.3. The summed E-state index contributed by atoms with van der Waals surface area (Å²) in [7, 11) is 1.58. The average molecular weight is 253 g/mol. The minimum Gasteiger partial charge on any atom is -0.495 e. The summed E-state index contributed by atoms with van der Waals surface area (Å²) in [6.07, 6.45) is 3.25. The van der Waals surface area contributed by atoms with Crippen LogP contribution in [0.15, 0.2) is 41.2 Å². The van der Waals surface area contributed by atoms with Crippen molar-refractivity contribution in [2.75, 3.05) is 7.11 Å². The van der Waals surface area contributed by atoms with E-state index in [9.17, 15) is 0 Å². The summed E-state index contributed by atoms with van der Waals surface area (Å²) in [6.45, 7) is 0. The van der Waals surface area contributed by atoms with Crippen molar-refractivity contribution >= 4 is 11.6 Å². The molecule has 0 spiro atoms. The van der Waals surface area contributed by atoms with Gasteiger partial charge in [-0.3, -0.25) is 5.84 Å². The Labute approximate surface area is 104 Å². The van der Waals surface area contributed by atoms with E-state index in [1.54, 1.807) is 25.7 Å². The third kappa shape index (κ3) is 2.44. The Hall–Kier alpha value is -1.49. The molecule has 17 heavy (non-hydrogen) atoms. The van der Waals surface area contributed by atoms with Crippen LogP contribution in [0.5, 0.6) is 5.75 Å². The van der Waals surface area contributed by atoms with E-state index >= 15 is 0 Å². The minimum atomic E-state index is -0.153. The largest absolute Gasteiger partial charge is 0.495 e. The number of benzene rings is 1. The molecule has 1 aromatic heterocycles. The van der Waals surface area contributed by atoms with E-state index in [0.29, 0.717) is 10.8 Å². The Morgan fingerprint density at radius 3 is 2.76 bits per heavy atom. The lowest BCUT2D eigenvalue weighted by Gasteiger charge is -2.15. The summed E-state index contributed by atoms with van der Waals surface area (Å²) in [5, 5.41) is 0.569. The van der Waals surface area contributed by atoms with Gasteiger partial charge in [-0.1, -0.05) is 17.7 Å². The van der Waals surface area contributed by atoms with Crippen LogP contribution in [0, 0.1) is 0 Å². The summed E-state index contributed by atoms with van der Waals surface area (Å²) in [6, 6.07) is 7.22. The quantitative estimate of drug-likeness (QED) is 0.648. The number of furan rings is 1. The monoisotopic (exact) mass is 252 g/mol. The SMILES string of the molecule is COc1cc(C(NN)c2ccoc2)ccc1Cl. The molecule has 0 fully saturated rings. The molecule has 1 atom stereocenters. The van der Waals surface area contributed by atoms with Crippen molar-refractivity contribution in [2.24, 2.45) is 5.84 Å². The molecule has 90 valence electrons. The Morgan fingerprint density at radius 1 is 1.35 bits per heavy atom. The first-order chi connectivity index (χ1) is 8.26. The van der Waals surface area contributed by atoms with Gasteiger partial charge >= 0.3 is 0 Å². The zero-order valence-corrected chi connectivity index (χ0v) is 10.1. The van der Waals surface area contributed by atoms with Crippen molar-refractivity contribution in [1.82, 2.24) is 5.43 Å². The molecule has 1 heterocycles. The predicted octanol–water partition coefficient (Wildman–Crippen LogP) is 2.49. The number of hydrogen-bond donors (Lipinski definition) is 2. The van der Waals surface area contributed by atoms with Crippen LogP contribution in [0.1, 0.15) is 17.2 Å². The van der Waals surface area contributed by atoms with E-state index in [-0.39, 0.29) is 6.04 Å². The van der Waals surface area contributed by atoms with Crippen molar-refractivity contribution in [3.05, 3.63) is 52.9 Å². The van der Waals surface area contributed by atoms with Gasteiger partial charge in [-0.15, -0.1) is 0 Å². The predicted molar refractivity (Wildman–Crippen MR) is 65.9 cm³/mol. The third-order valence-corrected chi connectivity index (χ3v) is 2.86. The first-order valence-corrected chi connectivity index (χ1v) is 5.45. The van der Waals surface area contributed by atoms with Crippen molar-refractivity contribution in [1.29, 1.82) is 0 Å². The van der Waals surface area contributed by atoms with Crippen LogP contribution in [-0.2, 0) is 0 Å². The van der Waals surface area contributed by atoms with E-state index in [1.165, 1.54) is 0 Å². The van der Waals surface area contributed by atoms with Gasteiger partial charge in [-0.05, 0) is 23.8 Å². The molecule has 0 bridgehead atoms. The highest BCUT2D eigenvalue weighted by molar-refractivity contribution is 6.32. The first-order valence-electron chi connectivity index (χ1n) is 5.08. The van der Waals surface area contributed by atoms with Crippen LogP contribution in [0.3, 0.4) is 0 Å². The molecular weight excluding hydrogens is 240 g/mol. The van der Waals surface area contributed by atoms with Gasteiger partial charge in [0.15, 0.2) is 0 Å². The molecule has 1 aromatic carbocycles. The van der Waals surface area contributed by atoms with Gasteiger partial charge in [-0.25, -0.2) is 5.43 Å². The van der Waals surface area contributed by atoms with Crippen molar-refractivity contribution in [3.8, 4) is 5.75 Å². The molecule has 0 saturated heterocycles. The highest BCUT2D eigenvalue weighted by Crippen LogP contribution is 2.30. The van der Waals surface area contributed by atoms with Gasteiger partial charge < -0.3 is 9.15 Å². The molecule has 5 heteroatoms. The smallest absolute Gasteiger partial charge is 0.137 e. The van der Waals surface area contributed by atoms with E-state index in [4.69, 9.17) is 26.6 Å². The second-order valence-corrected chi connectivity index (χ2v) is 3.96. The molecule has 0 radical (unpaired) electrons. The van der Waals surface area contributed by atoms with Crippen LogP contribution in [0.4, 0.5) is 0 Å². The third-order valence-electron chi connectivity index (χ3n) is 2.55. The molecule has 4 nitrogen and oxygen atoms in total. The number of rotatable bonds is 4. The molecule has 0 aliphatic carbocycles. The Bertz CT molecular complexity index is 485. The van der Waals surface area contributed by atoms with Gasteiger partial charge in [-0.2, -0.15) is 0 Å². The number of hydrogen-bond acceptors (Lipinski definition) is 4. The summed E-state index contributed by atoms with van der Waals surface area (Å²) in [5.41, 5.74) is 4.63. The van der Waals surface area contributed by atoms with E-state index in [1.807, 2.05) is 18.2 Å². The lowest BCUT2D eigenvalue weighted by molar-refractivity contribution is 0.414. The lowest BCUT2D eigenvalue weighted by atomic mass is 10.0. The van der Waals surface area contributed by atoms with Gasteiger partial charge in [0.2, 0.25) is 0 Å². The molecule has 2 rings (SSSR count). The first kappa shape index (κ1) is 12.0. The van der Waals surface area contributed by atoms with Gasteiger partial charge in [0.05, 0.1) is 30.7 Å². The fourth-order valence-corrected chi connectivity index (χ4v) is 1.87. The Balaban J connectivity index is 2.38. The molecule has 0 saturated carbocycles. The molecule has 0 aliphatic heterocycles. The molecular formula is C12H13ClN2O2. The average Bonchev–Trinajstić information content (AvgIpc) is 2.86. The summed E-state index contributed by atoms with van der Waals surface area (Å²) >= 11 is 5.97. The Morgan fingerprint density at radius 2 is 2.18 bits per heavy atom. The Kier molecular flexibility index (Phi) is 3.68. The summed E-state index contributed by atoms with van der Waals surface area (Å²) < 4.78 is 10.2. The minimum absolute atomic E-state index is 0.153. The van der Waals surface area contributed by atoms with Crippen LogP contribution in [-0.4, -0.2) is 7.11 Å². The van der Waals surface area contributed by atoms with Crippen LogP contribution in [0.2, 0.25) is 5.02 Å². The maximum Gasteiger partial charge on any atom is 0.137 e. The number of hydrazine groups is 1. The molecule has 0 amide bonds. The van der Waals surface area contributed by atoms with Gasteiger partial charge in [0, 0.05) is 5.56 Å². The zero-order valence-electron chi connectivity index (χ0n) is 9.31. The number of methoxy groups -OCH3 is 1. The highest BCUT2D eigenvalue weighted by Gasteiger charge is 2.15. The van der Waals surface area contributed by atoms with E-state index in [2.05, 4.69) is 5.43 Å². The molecule has 2 aromatic rings. The van der Waals surface area contributed by atoms with Crippen molar-refractivity contribution in [2.45, 2.75) is 6.04 Å².